The van der Waals surface area contributed by atoms with E-state index in [9.17, 15) is 15.0 Å². The van der Waals surface area contributed by atoms with Crippen molar-refractivity contribution in [2.75, 3.05) is 6.61 Å². The van der Waals surface area contributed by atoms with Crippen LogP contribution in [0.3, 0.4) is 0 Å². The standard InChI is InChI=1S/C14H22O5/c1-6(2)8(5-15)14-4-7(14)11-9(16)3-10(13(17)18)19-12(11)14/h6-12,15-16H,3-5H2,1-2H3,(H,17,18). The molecule has 1 heterocycles. The monoisotopic (exact) mass is 270 g/mol. The molecule has 2 aliphatic carbocycles. The number of ether oxygens (including phenoxy) is 1. The lowest BCUT2D eigenvalue weighted by molar-refractivity contribution is -0.234. The van der Waals surface area contributed by atoms with Crippen LogP contribution in [0, 0.1) is 29.1 Å². The topological polar surface area (TPSA) is 87.0 Å². The lowest BCUT2D eigenvalue weighted by atomic mass is 9.59. The SMILES string of the molecule is CC(C)C(CO)C12CC1C1C(O)CC(C(=O)O)OC12. The molecule has 5 nitrogen and oxygen atoms in total. The number of carbonyl (C=O) groups is 1. The molecule has 0 bridgehead atoms. The summed E-state index contributed by atoms with van der Waals surface area (Å²) in [5.41, 5.74) is -0.0807. The van der Waals surface area contributed by atoms with Gasteiger partial charge in [0.2, 0.25) is 0 Å². The maximum Gasteiger partial charge on any atom is 0.332 e. The summed E-state index contributed by atoms with van der Waals surface area (Å²) in [7, 11) is 0. The van der Waals surface area contributed by atoms with E-state index in [1.54, 1.807) is 0 Å². The van der Waals surface area contributed by atoms with Gasteiger partial charge in [-0.1, -0.05) is 13.8 Å². The highest BCUT2D eigenvalue weighted by Gasteiger charge is 2.79. The van der Waals surface area contributed by atoms with Crippen molar-refractivity contribution < 1.29 is 24.9 Å². The molecule has 3 rings (SSSR count). The molecule has 0 aromatic rings. The van der Waals surface area contributed by atoms with Crippen LogP contribution in [0.1, 0.15) is 26.7 Å². The minimum absolute atomic E-state index is 0.0726. The third-order valence-corrected chi connectivity index (χ3v) is 5.63. The van der Waals surface area contributed by atoms with Crippen LogP contribution >= 0.6 is 0 Å². The van der Waals surface area contributed by atoms with Gasteiger partial charge in [0, 0.05) is 24.4 Å². The third kappa shape index (κ3) is 1.61. The minimum atomic E-state index is -0.998. The molecule has 108 valence electrons. The lowest BCUT2D eigenvalue weighted by Crippen LogP contribution is -2.61. The molecular weight excluding hydrogens is 248 g/mol. The van der Waals surface area contributed by atoms with Gasteiger partial charge in [-0.15, -0.1) is 0 Å². The van der Waals surface area contributed by atoms with E-state index in [0.29, 0.717) is 11.8 Å². The van der Waals surface area contributed by atoms with Crippen LogP contribution in [0.25, 0.3) is 0 Å². The van der Waals surface area contributed by atoms with Gasteiger partial charge in [-0.2, -0.15) is 0 Å². The van der Waals surface area contributed by atoms with Gasteiger partial charge in [0.05, 0.1) is 12.2 Å². The zero-order valence-electron chi connectivity index (χ0n) is 11.3. The summed E-state index contributed by atoms with van der Waals surface area (Å²) in [5.74, 6) is -0.0487. The van der Waals surface area contributed by atoms with Crippen molar-refractivity contribution in [3.8, 4) is 0 Å². The molecule has 0 aromatic carbocycles. The first-order valence-corrected chi connectivity index (χ1v) is 7.10. The van der Waals surface area contributed by atoms with Crippen molar-refractivity contribution in [2.24, 2.45) is 29.1 Å². The van der Waals surface area contributed by atoms with Crippen molar-refractivity contribution in [3.05, 3.63) is 0 Å². The maximum atomic E-state index is 11.1. The Morgan fingerprint density at radius 3 is 2.68 bits per heavy atom. The van der Waals surface area contributed by atoms with Gasteiger partial charge in [-0.3, -0.25) is 0 Å². The third-order valence-electron chi connectivity index (χ3n) is 5.63. The van der Waals surface area contributed by atoms with E-state index in [0.717, 1.165) is 6.42 Å². The summed E-state index contributed by atoms with van der Waals surface area (Å²) in [4.78, 5) is 11.1. The fourth-order valence-corrected chi connectivity index (χ4v) is 4.69. The molecule has 0 spiro atoms. The largest absolute Gasteiger partial charge is 0.479 e. The van der Waals surface area contributed by atoms with Gasteiger partial charge in [-0.25, -0.2) is 4.79 Å². The van der Waals surface area contributed by atoms with Gasteiger partial charge < -0.3 is 20.1 Å². The maximum absolute atomic E-state index is 11.1. The van der Waals surface area contributed by atoms with E-state index in [1.807, 2.05) is 0 Å². The van der Waals surface area contributed by atoms with Crippen molar-refractivity contribution in [2.45, 2.75) is 45.0 Å². The van der Waals surface area contributed by atoms with Crippen molar-refractivity contribution in [1.29, 1.82) is 0 Å². The molecule has 3 N–H and O–H groups in total. The van der Waals surface area contributed by atoms with Gasteiger partial charge in [-0.05, 0) is 24.2 Å². The molecule has 1 aliphatic heterocycles. The molecule has 7 unspecified atom stereocenters. The first kappa shape index (κ1) is 13.3. The van der Waals surface area contributed by atoms with Gasteiger partial charge in [0.15, 0.2) is 6.10 Å². The summed E-state index contributed by atoms with van der Waals surface area (Å²) in [6, 6.07) is 0. The molecule has 0 amide bonds. The van der Waals surface area contributed by atoms with Crippen molar-refractivity contribution in [1.82, 2.24) is 0 Å². The summed E-state index contributed by atoms with van der Waals surface area (Å²) in [6.07, 6.45) is -0.529. The Morgan fingerprint density at radius 1 is 1.47 bits per heavy atom. The molecule has 7 atom stereocenters. The van der Waals surface area contributed by atoms with Crippen LogP contribution in [-0.2, 0) is 9.53 Å². The number of aliphatic hydroxyl groups is 2. The number of aliphatic hydroxyl groups excluding tert-OH is 2. The number of carboxylic acid groups (broad SMARTS) is 1. The van der Waals surface area contributed by atoms with Gasteiger partial charge in [0.1, 0.15) is 0 Å². The number of rotatable bonds is 4. The fourth-order valence-electron chi connectivity index (χ4n) is 4.69. The first-order chi connectivity index (χ1) is 8.93. The van der Waals surface area contributed by atoms with Crippen molar-refractivity contribution in [3.63, 3.8) is 0 Å². The molecule has 2 saturated carbocycles. The predicted molar refractivity (Wildman–Crippen MR) is 66.4 cm³/mol. The number of hydrogen-bond donors (Lipinski definition) is 3. The van der Waals surface area contributed by atoms with Crippen LogP contribution in [0.15, 0.2) is 0 Å². The highest BCUT2D eigenvalue weighted by atomic mass is 16.5. The quantitative estimate of drug-likeness (QED) is 0.692. The molecule has 19 heavy (non-hydrogen) atoms. The summed E-state index contributed by atoms with van der Waals surface area (Å²) >= 11 is 0. The molecule has 3 fully saturated rings. The Morgan fingerprint density at radius 2 is 2.16 bits per heavy atom. The Bertz CT molecular complexity index is 395. The highest BCUT2D eigenvalue weighted by Crippen LogP contribution is 2.77. The van der Waals surface area contributed by atoms with Crippen LogP contribution in [0.4, 0.5) is 0 Å². The molecule has 3 aliphatic rings. The molecule has 1 saturated heterocycles. The fraction of sp³-hybridized carbons (Fsp3) is 0.929. The highest BCUT2D eigenvalue weighted by molar-refractivity contribution is 5.72. The Hall–Kier alpha value is -0.650. The second-order valence-corrected chi connectivity index (χ2v) is 6.72. The van der Waals surface area contributed by atoms with Crippen LogP contribution in [-0.4, -0.2) is 46.2 Å². The van der Waals surface area contributed by atoms with E-state index >= 15 is 0 Å². The van der Waals surface area contributed by atoms with E-state index in [2.05, 4.69) is 13.8 Å². The normalized spacial score (nSPS) is 49.0. The van der Waals surface area contributed by atoms with E-state index in [1.165, 1.54) is 0 Å². The van der Waals surface area contributed by atoms with Crippen molar-refractivity contribution >= 4 is 5.97 Å². The Balaban J connectivity index is 1.81. The number of hydrogen-bond acceptors (Lipinski definition) is 4. The zero-order valence-corrected chi connectivity index (χ0v) is 11.3. The average molecular weight is 270 g/mol. The van der Waals surface area contributed by atoms with Crippen LogP contribution in [0.2, 0.25) is 0 Å². The summed E-state index contributed by atoms with van der Waals surface area (Å²) in [5, 5.41) is 28.8. The van der Waals surface area contributed by atoms with Crippen LogP contribution < -0.4 is 0 Å². The Kier molecular flexibility index (Phi) is 2.93. The number of fused-ring (bicyclic) bond motifs is 4. The van der Waals surface area contributed by atoms with E-state index < -0.39 is 18.2 Å². The molecule has 5 heteroatoms. The smallest absolute Gasteiger partial charge is 0.332 e. The summed E-state index contributed by atoms with van der Waals surface area (Å²) < 4.78 is 5.74. The average Bonchev–Trinajstić information content (AvgIpc) is 2.95. The van der Waals surface area contributed by atoms with Crippen LogP contribution in [0.5, 0.6) is 0 Å². The second-order valence-electron chi connectivity index (χ2n) is 6.72. The van der Waals surface area contributed by atoms with Gasteiger partial charge in [0.25, 0.3) is 0 Å². The molecule has 0 radical (unpaired) electrons. The first-order valence-electron chi connectivity index (χ1n) is 7.10. The van der Waals surface area contributed by atoms with E-state index in [4.69, 9.17) is 9.84 Å². The van der Waals surface area contributed by atoms with E-state index in [-0.39, 0.29) is 36.4 Å². The summed E-state index contributed by atoms with van der Waals surface area (Å²) in [6.45, 7) is 4.26. The Labute approximate surface area is 112 Å². The second kappa shape index (κ2) is 4.17. The zero-order chi connectivity index (χ0) is 13.9. The molecular formula is C14H22O5. The predicted octanol–water partition coefficient (Wildman–Crippen LogP) is 0.490. The number of aliphatic carboxylic acids is 1. The lowest BCUT2D eigenvalue weighted by Gasteiger charge is -2.54. The number of carboxylic acids is 1. The van der Waals surface area contributed by atoms with Gasteiger partial charge >= 0.3 is 5.97 Å². The minimum Gasteiger partial charge on any atom is -0.479 e. The molecule has 0 aromatic heterocycles.